The second-order valence-electron chi connectivity index (χ2n) is 7.87. The first-order valence-electron chi connectivity index (χ1n) is 10.9. The molecule has 176 valence electrons. The molecule has 0 radical (unpaired) electrons. The number of nitrogens with one attached hydrogen (secondary N) is 1. The second kappa shape index (κ2) is 9.56. The van der Waals surface area contributed by atoms with Gasteiger partial charge in [0.1, 0.15) is 5.75 Å². The van der Waals surface area contributed by atoms with Crippen molar-refractivity contribution in [3.05, 3.63) is 53.2 Å². The van der Waals surface area contributed by atoms with E-state index in [4.69, 9.17) is 15.2 Å². The summed E-state index contributed by atoms with van der Waals surface area (Å²) in [5, 5.41) is 0.805. The zero-order chi connectivity index (χ0) is 23.5. The van der Waals surface area contributed by atoms with Crippen molar-refractivity contribution in [1.82, 2.24) is 9.88 Å². The van der Waals surface area contributed by atoms with Gasteiger partial charge in [0, 0.05) is 23.6 Å². The number of carbonyl (C=O) groups is 1. The summed E-state index contributed by atoms with van der Waals surface area (Å²) >= 11 is 0. The lowest BCUT2D eigenvalue weighted by Gasteiger charge is -2.37. The lowest BCUT2D eigenvalue weighted by Crippen LogP contribution is -2.43. The zero-order valence-corrected chi connectivity index (χ0v) is 18.6. The standard InChI is InChI=1S/C24H27F2N3O4/c1-3-32-22-12-18-14(10-21(22)31-2)8-9-29(24(27)30)20(18)7-4-15-13-28-19-6-5-16(11-17(15)19)33-23(25)26/h5-6,10-13,20,23,28H,3-4,7-9H2,1-2H3,(H2,27,30)/t20-/m0/s1. The van der Waals surface area contributed by atoms with Crippen LogP contribution in [0, 0.1) is 0 Å². The molecule has 1 atom stereocenters. The van der Waals surface area contributed by atoms with Crippen molar-refractivity contribution < 1.29 is 27.8 Å². The minimum Gasteiger partial charge on any atom is -0.493 e. The van der Waals surface area contributed by atoms with Gasteiger partial charge in [0.25, 0.3) is 0 Å². The molecule has 3 aromatic rings. The summed E-state index contributed by atoms with van der Waals surface area (Å²) < 4.78 is 41.1. The van der Waals surface area contributed by atoms with Gasteiger partial charge in [-0.15, -0.1) is 0 Å². The fraction of sp³-hybridized carbons (Fsp3) is 0.375. The van der Waals surface area contributed by atoms with Crippen molar-refractivity contribution in [3.63, 3.8) is 0 Å². The molecule has 0 bridgehead atoms. The molecule has 0 saturated heterocycles. The third-order valence-electron chi connectivity index (χ3n) is 6.02. The second-order valence-corrected chi connectivity index (χ2v) is 7.87. The number of methoxy groups -OCH3 is 1. The maximum Gasteiger partial charge on any atom is 0.387 e. The molecule has 0 unspecified atom stereocenters. The number of ether oxygens (including phenoxy) is 3. The number of primary amides is 1. The number of alkyl halides is 2. The first-order chi connectivity index (χ1) is 15.9. The largest absolute Gasteiger partial charge is 0.493 e. The number of urea groups is 1. The van der Waals surface area contributed by atoms with E-state index in [2.05, 4.69) is 9.72 Å². The highest BCUT2D eigenvalue weighted by Gasteiger charge is 2.31. The molecule has 0 saturated carbocycles. The molecule has 1 aliphatic rings. The van der Waals surface area contributed by atoms with Crippen LogP contribution in [0.4, 0.5) is 13.6 Å². The topological polar surface area (TPSA) is 89.8 Å². The molecule has 1 aliphatic heterocycles. The Bertz CT molecular complexity index is 1150. The number of hydrogen-bond donors (Lipinski definition) is 2. The van der Waals surface area contributed by atoms with Crippen LogP contribution in [0.15, 0.2) is 36.5 Å². The molecule has 33 heavy (non-hydrogen) atoms. The number of halogens is 2. The Morgan fingerprint density at radius 2 is 2.09 bits per heavy atom. The summed E-state index contributed by atoms with van der Waals surface area (Å²) in [5.41, 5.74) is 9.54. The van der Waals surface area contributed by atoms with Crippen LogP contribution < -0.4 is 19.9 Å². The molecular weight excluding hydrogens is 432 g/mol. The van der Waals surface area contributed by atoms with E-state index < -0.39 is 12.6 Å². The average Bonchev–Trinajstić information content (AvgIpc) is 3.18. The number of aryl methyl sites for hydroxylation is 1. The highest BCUT2D eigenvalue weighted by Crippen LogP contribution is 2.40. The number of amides is 2. The van der Waals surface area contributed by atoms with Crippen LogP contribution in [-0.4, -0.2) is 42.8 Å². The summed E-state index contributed by atoms with van der Waals surface area (Å²) in [6, 6.07) is 7.98. The third kappa shape index (κ3) is 4.67. The number of aromatic nitrogens is 1. The first kappa shape index (κ1) is 22.7. The van der Waals surface area contributed by atoms with Gasteiger partial charge in [0.15, 0.2) is 11.5 Å². The summed E-state index contributed by atoms with van der Waals surface area (Å²) in [7, 11) is 1.60. The maximum atomic E-state index is 12.6. The van der Waals surface area contributed by atoms with Gasteiger partial charge in [-0.25, -0.2) is 4.79 Å². The SMILES string of the molecule is CCOc1cc2c(cc1OC)CCN(C(N)=O)[C@H]2CCc1c[nH]c2ccc(OC(F)F)cc12. The van der Waals surface area contributed by atoms with Crippen molar-refractivity contribution in [3.8, 4) is 17.2 Å². The normalized spacial score (nSPS) is 15.5. The summed E-state index contributed by atoms with van der Waals surface area (Å²) in [6.45, 7) is 0.00116. The molecule has 7 nitrogen and oxygen atoms in total. The van der Waals surface area contributed by atoms with Crippen LogP contribution in [0.5, 0.6) is 17.2 Å². The number of carbonyl (C=O) groups excluding carboxylic acids is 1. The van der Waals surface area contributed by atoms with E-state index in [1.54, 1.807) is 24.1 Å². The summed E-state index contributed by atoms with van der Waals surface area (Å²) in [4.78, 5) is 17.1. The first-order valence-corrected chi connectivity index (χ1v) is 10.9. The number of rotatable bonds is 8. The van der Waals surface area contributed by atoms with Crippen LogP contribution in [0.1, 0.15) is 36.1 Å². The minimum absolute atomic E-state index is 0.105. The van der Waals surface area contributed by atoms with E-state index in [0.29, 0.717) is 43.9 Å². The number of benzene rings is 2. The predicted molar refractivity (Wildman–Crippen MR) is 120 cm³/mol. The lowest BCUT2D eigenvalue weighted by molar-refractivity contribution is -0.0497. The van der Waals surface area contributed by atoms with Gasteiger partial charge in [-0.1, -0.05) is 0 Å². The Kier molecular flexibility index (Phi) is 6.57. The smallest absolute Gasteiger partial charge is 0.387 e. The quantitative estimate of drug-likeness (QED) is 0.507. The monoisotopic (exact) mass is 459 g/mol. The molecule has 2 heterocycles. The van der Waals surface area contributed by atoms with Crippen molar-refractivity contribution in [2.45, 2.75) is 38.8 Å². The molecule has 4 rings (SSSR count). The number of fused-ring (bicyclic) bond motifs is 2. The number of nitrogens with two attached hydrogens (primary N) is 1. The lowest BCUT2D eigenvalue weighted by atomic mass is 9.88. The Morgan fingerprint density at radius 3 is 2.79 bits per heavy atom. The molecule has 0 spiro atoms. The van der Waals surface area contributed by atoms with Crippen LogP contribution in [0.3, 0.4) is 0 Å². The van der Waals surface area contributed by atoms with Gasteiger partial charge in [0.2, 0.25) is 0 Å². The van der Waals surface area contributed by atoms with Crippen molar-refractivity contribution in [2.75, 3.05) is 20.3 Å². The molecular formula is C24H27F2N3O4. The number of hydrogen-bond acceptors (Lipinski definition) is 4. The Hall–Kier alpha value is -3.49. The summed E-state index contributed by atoms with van der Waals surface area (Å²) in [5.74, 6) is 1.38. The van der Waals surface area contributed by atoms with Crippen molar-refractivity contribution >= 4 is 16.9 Å². The Balaban J connectivity index is 1.65. The van der Waals surface area contributed by atoms with Crippen LogP contribution in [-0.2, 0) is 12.8 Å². The molecule has 0 aliphatic carbocycles. The van der Waals surface area contributed by atoms with Gasteiger partial charge in [0.05, 0.1) is 19.8 Å². The number of H-pyrrole nitrogens is 1. The van der Waals surface area contributed by atoms with E-state index in [1.165, 1.54) is 6.07 Å². The summed E-state index contributed by atoms with van der Waals surface area (Å²) in [6.07, 6.45) is 3.72. The molecule has 3 N–H and O–H groups in total. The van der Waals surface area contributed by atoms with E-state index in [-0.39, 0.29) is 11.8 Å². The van der Waals surface area contributed by atoms with E-state index in [0.717, 1.165) is 27.6 Å². The van der Waals surface area contributed by atoms with Gasteiger partial charge in [-0.2, -0.15) is 8.78 Å². The molecule has 9 heteroatoms. The van der Waals surface area contributed by atoms with Crippen LogP contribution >= 0.6 is 0 Å². The molecule has 2 amide bonds. The van der Waals surface area contributed by atoms with Gasteiger partial charge < -0.3 is 29.8 Å². The fourth-order valence-electron chi connectivity index (χ4n) is 4.54. The van der Waals surface area contributed by atoms with Gasteiger partial charge in [-0.3, -0.25) is 0 Å². The molecule has 2 aromatic carbocycles. The minimum atomic E-state index is -2.88. The third-order valence-corrected chi connectivity index (χ3v) is 6.02. The highest BCUT2D eigenvalue weighted by molar-refractivity contribution is 5.84. The van der Waals surface area contributed by atoms with E-state index in [1.807, 2.05) is 25.3 Å². The maximum absolute atomic E-state index is 12.6. The van der Waals surface area contributed by atoms with Crippen LogP contribution in [0.25, 0.3) is 10.9 Å². The van der Waals surface area contributed by atoms with Gasteiger partial charge in [-0.05, 0) is 73.2 Å². The molecule has 1 aromatic heterocycles. The van der Waals surface area contributed by atoms with Crippen LogP contribution in [0.2, 0.25) is 0 Å². The van der Waals surface area contributed by atoms with E-state index >= 15 is 0 Å². The van der Waals surface area contributed by atoms with E-state index in [9.17, 15) is 13.6 Å². The molecule has 0 fully saturated rings. The Morgan fingerprint density at radius 1 is 1.27 bits per heavy atom. The number of nitrogens with zero attached hydrogens (tertiary/aromatic N) is 1. The zero-order valence-electron chi connectivity index (χ0n) is 18.6. The highest BCUT2D eigenvalue weighted by atomic mass is 19.3. The average molecular weight is 459 g/mol. The Labute approximate surface area is 190 Å². The van der Waals surface area contributed by atoms with Crippen molar-refractivity contribution in [1.29, 1.82) is 0 Å². The fourth-order valence-corrected chi connectivity index (χ4v) is 4.54. The van der Waals surface area contributed by atoms with Crippen molar-refractivity contribution in [2.24, 2.45) is 5.73 Å². The number of aromatic amines is 1. The van der Waals surface area contributed by atoms with Gasteiger partial charge >= 0.3 is 12.6 Å². The predicted octanol–water partition coefficient (Wildman–Crippen LogP) is 4.79.